The average molecular weight is 275 g/mol. The van der Waals surface area contributed by atoms with Gasteiger partial charge in [0, 0.05) is 16.3 Å². The molecule has 0 spiro atoms. The first-order chi connectivity index (χ1) is 9.18. The fraction of sp³-hybridized carbons (Fsp3) is 0.0769. The summed E-state index contributed by atoms with van der Waals surface area (Å²) in [6, 6.07) is 7.43. The zero-order chi connectivity index (χ0) is 13.4. The number of hydrogen-bond acceptors (Lipinski definition) is 4. The fourth-order valence-electron chi connectivity index (χ4n) is 1.99. The van der Waals surface area contributed by atoms with Crippen molar-refractivity contribution in [3.8, 4) is 22.5 Å². The molecule has 0 aliphatic heterocycles. The molecule has 3 aromatic rings. The lowest BCUT2D eigenvalue weighted by Crippen LogP contribution is -1.89. The van der Waals surface area contributed by atoms with Gasteiger partial charge in [0.1, 0.15) is 0 Å². The number of nitrogens with one attached hydrogen (secondary N) is 1. The van der Waals surface area contributed by atoms with Crippen molar-refractivity contribution < 1.29 is 4.52 Å². The van der Waals surface area contributed by atoms with Crippen molar-refractivity contribution in [1.82, 2.24) is 15.4 Å². The van der Waals surface area contributed by atoms with Gasteiger partial charge in [0.25, 0.3) is 0 Å². The lowest BCUT2D eigenvalue weighted by Gasteiger charge is -2.04. The predicted octanol–water partition coefficient (Wildman–Crippen LogP) is 3.28. The van der Waals surface area contributed by atoms with Gasteiger partial charge in [-0.05, 0) is 13.0 Å². The number of nitrogen functional groups attached to an aromatic ring is 1. The SMILES string of the molecule is Cc1[nH]ncc1-c1onc(N)c1-c1ccccc1Cl. The Morgan fingerprint density at radius 1 is 1.26 bits per heavy atom. The monoisotopic (exact) mass is 274 g/mol. The van der Waals surface area contributed by atoms with Crippen molar-refractivity contribution in [3.63, 3.8) is 0 Å². The molecule has 96 valence electrons. The Bertz CT molecular complexity index is 732. The second-order valence-electron chi connectivity index (χ2n) is 4.16. The molecule has 0 amide bonds. The molecule has 0 atom stereocenters. The molecule has 0 radical (unpaired) electrons. The molecule has 2 heterocycles. The number of nitrogens with two attached hydrogens (primary N) is 1. The molecule has 6 heteroatoms. The number of aromatic nitrogens is 3. The molecule has 0 bridgehead atoms. The molecule has 0 fully saturated rings. The van der Waals surface area contributed by atoms with Crippen molar-refractivity contribution in [2.24, 2.45) is 0 Å². The smallest absolute Gasteiger partial charge is 0.180 e. The first-order valence-electron chi connectivity index (χ1n) is 5.69. The summed E-state index contributed by atoms with van der Waals surface area (Å²) >= 11 is 6.21. The van der Waals surface area contributed by atoms with Crippen LogP contribution in [0, 0.1) is 6.92 Å². The van der Waals surface area contributed by atoms with Gasteiger partial charge < -0.3 is 10.3 Å². The van der Waals surface area contributed by atoms with E-state index in [2.05, 4.69) is 15.4 Å². The van der Waals surface area contributed by atoms with E-state index in [9.17, 15) is 0 Å². The minimum Gasteiger partial charge on any atom is -0.380 e. The highest BCUT2D eigenvalue weighted by molar-refractivity contribution is 6.33. The summed E-state index contributed by atoms with van der Waals surface area (Å²) < 4.78 is 5.34. The second kappa shape index (κ2) is 4.44. The fourth-order valence-corrected chi connectivity index (χ4v) is 2.22. The van der Waals surface area contributed by atoms with E-state index in [-0.39, 0.29) is 0 Å². The number of benzene rings is 1. The number of aryl methyl sites for hydroxylation is 1. The quantitative estimate of drug-likeness (QED) is 0.751. The molecule has 2 aromatic heterocycles. The molecule has 1 aromatic carbocycles. The van der Waals surface area contributed by atoms with Gasteiger partial charge in [0.2, 0.25) is 0 Å². The molecule has 0 aliphatic rings. The number of anilines is 1. The van der Waals surface area contributed by atoms with Crippen LogP contribution in [0.25, 0.3) is 22.5 Å². The van der Waals surface area contributed by atoms with Crippen molar-refractivity contribution >= 4 is 17.4 Å². The molecule has 19 heavy (non-hydrogen) atoms. The zero-order valence-electron chi connectivity index (χ0n) is 10.1. The minimum absolute atomic E-state index is 0.309. The number of nitrogens with zero attached hydrogens (tertiary/aromatic N) is 2. The molecule has 0 saturated heterocycles. The molecule has 0 aliphatic carbocycles. The Labute approximate surface area is 114 Å². The van der Waals surface area contributed by atoms with Crippen molar-refractivity contribution in [2.75, 3.05) is 5.73 Å². The van der Waals surface area contributed by atoms with E-state index in [1.165, 1.54) is 0 Å². The largest absolute Gasteiger partial charge is 0.380 e. The average Bonchev–Trinajstić information content (AvgIpc) is 2.96. The van der Waals surface area contributed by atoms with Crippen molar-refractivity contribution in [3.05, 3.63) is 41.2 Å². The molecule has 3 rings (SSSR count). The summed E-state index contributed by atoms with van der Waals surface area (Å²) in [7, 11) is 0. The third-order valence-electron chi connectivity index (χ3n) is 2.94. The number of halogens is 1. The van der Waals surface area contributed by atoms with E-state index in [1.807, 2.05) is 25.1 Å². The Hall–Kier alpha value is -2.27. The highest BCUT2D eigenvalue weighted by Gasteiger charge is 2.21. The molecular weight excluding hydrogens is 264 g/mol. The van der Waals surface area contributed by atoms with E-state index >= 15 is 0 Å². The molecule has 0 unspecified atom stereocenters. The zero-order valence-corrected chi connectivity index (χ0v) is 10.9. The third kappa shape index (κ3) is 1.88. The molecule has 3 N–H and O–H groups in total. The molecular formula is C13H11ClN4O. The lowest BCUT2D eigenvalue weighted by atomic mass is 10.0. The van der Waals surface area contributed by atoms with Gasteiger partial charge in [-0.1, -0.05) is 35.0 Å². The maximum absolute atomic E-state index is 6.21. The second-order valence-corrected chi connectivity index (χ2v) is 4.57. The Morgan fingerprint density at radius 3 is 2.74 bits per heavy atom. The van der Waals surface area contributed by atoms with Gasteiger partial charge in [0.15, 0.2) is 11.6 Å². The van der Waals surface area contributed by atoms with Crippen LogP contribution in [0.15, 0.2) is 35.0 Å². The summed E-state index contributed by atoms with van der Waals surface area (Å²) in [5.41, 5.74) is 9.08. The minimum atomic E-state index is 0.309. The standard InChI is InChI=1S/C13H11ClN4O/c1-7-9(6-16-17-7)12-11(13(15)18-19-12)8-4-2-3-5-10(8)14/h2-6H,1H3,(H2,15,18)(H,16,17). The van der Waals surface area contributed by atoms with Crippen LogP contribution in [-0.4, -0.2) is 15.4 Å². The summed E-state index contributed by atoms with van der Waals surface area (Å²) in [5.74, 6) is 0.876. The maximum Gasteiger partial charge on any atom is 0.180 e. The summed E-state index contributed by atoms with van der Waals surface area (Å²) in [6.07, 6.45) is 1.68. The number of rotatable bonds is 2. The van der Waals surface area contributed by atoms with Crippen LogP contribution in [0.2, 0.25) is 5.02 Å². The maximum atomic E-state index is 6.21. The van der Waals surface area contributed by atoms with Gasteiger partial charge in [-0.25, -0.2) is 0 Å². The normalized spacial score (nSPS) is 10.8. The Kier molecular flexibility index (Phi) is 2.76. The topological polar surface area (TPSA) is 80.7 Å². The van der Waals surface area contributed by atoms with E-state index < -0.39 is 0 Å². The Morgan fingerprint density at radius 2 is 2.05 bits per heavy atom. The summed E-state index contributed by atoms with van der Waals surface area (Å²) in [5, 5.41) is 11.3. The van der Waals surface area contributed by atoms with Crippen LogP contribution in [0.1, 0.15) is 5.69 Å². The van der Waals surface area contributed by atoms with Crippen LogP contribution in [0.5, 0.6) is 0 Å². The van der Waals surface area contributed by atoms with Gasteiger partial charge in [-0.15, -0.1) is 0 Å². The van der Waals surface area contributed by atoms with Crippen LogP contribution >= 0.6 is 11.6 Å². The van der Waals surface area contributed by atoms with E-state index in [0.29, 0.717) is 22.2 Å². The van der Waals surface area contributed by atoms with Gasteiger partial charge in [-0.3, -0.25) is 5.10 Å². The van der Waals surface area contributed by atoms with Crippen LogP contribution in [-0.2, 0) is 0 Å². The highest BCUT2D eigenvalue weighted by Crippen LogP contribution is 2.40. The van der Waals surface area contributed by atoms with Crippen LogP contribution < -0.4 is 5.73 Å². The van der Waals surface area contributed by atoms with Crippen molar-refractivity contribution in [1.29, 1.82) is 0 Å². The van der Waals surface area contributed by atoms with E-state index in [0.717, 1.165) is 16.8 Å². The lowest BCUT2D eigenvalue weighted by molar-refractivity contribution is 0.436. The Balaban J connectivity index is 2.26. The van der Waals surface area contributed by atoms with E-state index in [4.69, 9.17) is 21.9 Å². The van der Waals surface area contributed by atoms with Crippen LogP contribution in [0.4, 0.5) is 5.82 Å². The number of H-pyrrole nitrogens is 1. The number of hydrogen-bond donors (Lipinski definition) is 2. The van der Waals surface area contributed by atoms with Gasteiger partial charge in [-0.2, -0.15) is 5.10 Å². The molecule has 0 saturated carbocycles. The number of aromatic amines is 1. The van der Waals surface area contributed by atoms with Gasteiger partial charge >= 0.3 is 0 Å². The van der Waals surface area contributed by atoms with Gasteiger partial charge in [0.05, 0.1) is 17.3 Å². The third-order valence-corrected chi connectivity index (χ3v) is 3.27. The van der Waals surface area contributed by atoms with Crippen molar-refractivity contribution in [2.45, 2.75) is 6.92 Å². The summed E-state index contributed by atoms with van der Waals surface area (Å²) in [6.45, 7) is 1.90. The van der Waals surface area contributed by atoms with E-state index in [1.54, 1.807) is 12.3 Å². The predicted molar refractivity (Wildman–Crippen MR) is 73.7 cm³/mol. The first kappa shape index (κ1) is 11.8. The van der Waals surface area contributed by atoms with Crippen LogP contribution in [0.3, 0.4) is 0 Å². The summed E-state index contributed by atoms with van der Waals surface area (Å²) in [4.78, 5) is 0. The first-order valence-corrected chi connectivity index (χ1v) is 6.06. The molecule has 5 nitrogen and oxygen atoms in total. The highest BCUT2D eigenvalue weighted by atomic mass is 35.5.